The first-order chi connectivity index (χ1) is 9.46. The molecule has 0 aromatic heterocycles. The number of sulfonamides is 1. The van der Waals surface area contributed by atoms with Crippen LogP contribution in [0.15, 0.2) is 29.2 Å². The molecule has 2 N–H and O–H groups in total. The van der Waals surface area contributed by atoms with Crippen LogP contribution >= 0.6 is 0 Å². The molecule has 1 saturated heterocycles. The minimum absolute atomic E-state index is 0.0786. The molecular weight excluding hydrogens is 272 g/mol. The number of nitrogens with zero attached hydrogens (tertiary/aromatic N) is 1. The number of benzene rings is 1. The van der Waals surface area contributed by atoms with Crippen LogP contribution in [-0.4, -0.2) is 25.3 Å². The summed E-state index contributed by atoms with van der Waals surface area (Å²) in [6, 6.07) is 7.03. The van der Waals surface area contributed by atoms with Gasteiger partial charge in [-0.1, -0.05) is 25.5 Å². The van der Waals surface area contributed by atoms with Gasteiger partial charge in [0, 0.05) is 18.6 Å². The normalized spacial score (nSPS) is 22.6. The van der Waals surface area contributed by atoms with Crippen LogP contribution in [0.5, 0.6) is 0 Å². The molecule has 5 heteroatoms. The highest BCUT2D eigenvalue weighted by Crippen LogP contribution is 2.27. The van der Waals surface area contributed by atoms with Gasteiger partial charge in [0.2, 0.25) is 10.0 Å². The zero-order valence-electron chi connectivity index (χ0n) is 12.2. The van der Waals surface area contributed by atoms with Crippen molar-refractivity contribution in [2.45, 2.75) is 56.5 Å². The molecule has 1 aromatic carbocycles. The van der Waals surface area contributed by atoms with Crippen LogP contribution in [0.2, 0.25) is 0 Å². The average molecular weight is 296 g/mol. The summed E-state index contributed by atoms with van der Waals surface area (Å²) in [7, 11) is -3.37. The molecule has 20 heavy (non-hydrogen) atoms. The molecule has 0 bridgehead atoms. The molecule has 1 aliphatic heterocycles. The highest BCUT2D eigenvalue weighted by atomic mass is 32.2. The molecule has 1 aromatic rings. The van der Waals surface area contributed by atoms with Gasteiger partial charge in [-0.2, -0.15) is 4.31 Å². The lowest BCUT2D eigenvalue weighted by molar-refractivity contribution is 0.246. The largest absolute Gasteiger partial charge is 0.324 e. The standard InChI is InChI=1S/C15H24N2O2S/c1-3-14-6-4-5-11-17(14)20(18,19)15-9-7-13(8-10-15)12(2)16/h7-10,12,14H,3-6,11,16H2,1-2H3. The second-order valence-electron chi connectivity index (χ2n) is 5.53. The molecule has 0 radical (unpaired) electrons. The third kappa shape index (κ3) is 3.05. The van der Waals surface area contributed by atoms with E-state index in [0.717, 1.165) is 31.2 Å². The molecule has 112 valence electrons. The van der Waals surface area contributed by atoms with Crippen molar-refractivity contribution in [3.8, 4) is 0 Å². The quantitative estimate of drug-likeness (QED) is 0.929. The van der Waals surface area contributed by atoms with Crippen LogP contribution in [0.1, 0.15) is 51.1 Å². The molecule has 1 fully saturated rings. The van der Waals surface area contributed by atoms with E-state index < -0.39 is 10.0 Å². The van der Waals surface area contributed by atoms with E-state index in [4.69, 9.17) is 5.73 Å². The molecule has 0 aliphatic carbocycles. The molecular formula is C15H24N2O2S. The summed E-state index contributed by atoms with van der Waals surface area (Å²) in [5.41, 5.74) is 6.75. The van der Waals surface area contributed by atoms with Crippen molar-refractivity contribution >= 4 is 10.0 Å². The van der Waals surface area contributed by atoms with Crippen molar-refractivity contribution in [2.24, 2.45) is 5.73 Å². The Morgan fingerprint density at radius 1 is 1.30 bits per heavy atom. The molecule has 2 atom stereocenters. The predicted octanol–water partition coefficient (Wildman–Crippen LogP) is 2.66. The molecule has 0 saturated carbocycles. The molecule has 2 rings (SSSR count). The molecule has 1 heterocycles. The van der Waals surface area contributed by atoms with E-state index in [1.807, 2.05) is 19.1 Å². The van der Waals surface area contributed by atoms with E-state index in [1.54, 1.807) is 16.4 Å². The van der Waals surface area contributed by atoms with Crippen molar-refractivity contribution < 1.29 is 8.42 Å². The van der Waals surface area contributed by atoms with Crippen molar-refractivity contribution in [3.05, 3.63) is 29.8 Å². The molecule has 0 spiro atoms. The Balaban J connectivity index is 2.29. The summed E-state index contributed by atoms with van der Waals surface area (Å²) in [6.07, 6.45) is 3.91. The fourth-order valence-corrected chi connectivity index (χ4v) is 4.54. The second-order valence-corrected chi connectivity index (χ2v) is 7.42. The third-order valence-electron chi connectivity index (χ3n) is 4.06. The first-order valence-corrected chi connectivity index (χ1v) is 8.78. The van der Waals surface area contributed by atoms with Crippen molar-refractivity contribution in [3.63, 3.8) is 0 Å². The van der Waals surface area contributed by atoms with E-state index >= 15 is 0 Å². The van der Waals surface area contributed by atoms with Gasteiger partial charge in [-0.05, 0) is 43.9 Å². The van der Waals surface area contributed by atoms with Crippen LogP contribution in [0.25, 0.3) is 0 Å². The summed E-state index contributed by atoms with van der Waals surface area (Å²) < 4.78 is 27.1. The summed E-state index contributed by atoms with van der Waals surface area (Å²) >= 11 is 0. The lowest BCUT2D eigenvalue weighted by Gasteiger charge is -2.34. The maximum Gasteiger partial charge on any atom is 0.243 e. The Hall–Kier alpha value is -0.910. The van der Waals surface area contributed by atoms with Gasteiger partial charge < -0.3 is 5.73 Å². The van der Waals surface area contributed by atoms with Crippen LogP contribution in [0.3, 0.4) is 0 Å². The van der Waals surface area contributed by atoms with E-state index in [0.29, 0.717) is 11.4 Å². The molecule has 4 nitrogen and oxygen atoms in total. The smallest absolute Gasteiger partial charge is 0.243 e. The molecule has 2 unspecified atom stereocenters. The summed E-state index contributed by atoms with van der Waals surface area (Å²) in [5, 5.41) is 0. The van der Waals surface area contributed by atoms with Gasteiger partial charge in [0.15, 0.2) is 0 Å². The van der Waals surface area contributed by atoms with Gasteiger partial charge in [-0.25, -0.2) is 8.42 Å². The van der Waals surface area contributed by atoms with Crippen LogP contribution in [0.4, 0.5) is 0 Å². The maximum absolute atomic E-state index is 12.7. The van der Waals surface area contributed by atoms with Gasteiger partial charge in [0.25, 0.3) is 0 Å². The predicted molar refractivity (Wildman–Crippen MR) is 80.9 cm³/mol. The van der Waals surface area contributed by atoms with Crippen LogP contribution in [0, 0.1) is 0 Å². The maximum atomic E-state index is 12.7. The fraction of sp³-hybridized carbons (Fsp3) is 0.600. The van der Waals surface area contributed by atoms with Gasteiger partial charge in [0.05, 0.1) is 4.90 Å². The van der Waals surface area contributed by atoms with E-state index in [9.17, 15) is 8.42 Å². The summed E-state index contributed by atoms with van der Waals surface area (Å²) in [4.78, 5) is 0.377. The minimum Gasteiger partial charge on any atom is -0.324 e. The third-order valence-corrected chi connectivity index (χ3v) is 6.02. The Kier molecular flexibility index (Phi) is 4.83. The van der Waals surface area contributed by atoms with Gasteiger partial charge in [0.1, 0.15) is 0 Å². The van der Waals surface area contributed by atoms with Crippen molar-refractivity contribution in [1.82, 2.24) is 4.31 Å². The summed E-state index contributed by atoms with van der Waals surface area (Å²) in [6.45, 7) is 4.58. The zero-order valence-corrected chi connectivity index (χ0v) is 13.1. The highest BCUT2D eigenvalue weighted by molar-refractivity contribution is 7.89. The van der Waals surface area contributed by atoms with Crippen molar-refractivity contribution in [1.29, 1.82) is 0 Å². The highest BCUT2D eigenvalue weighted by Gasteiger charge is 2.32. The van der Waals surface area contributed by atoms with E-state index in [1.165, 1.54) is 0 Å². The number of piperidine rings is 1. The van der Waals surface area contributed by atoms with Crippen molar-refractivity contribution in [2.75, 3.05) is 6.54 Å². The Morgan fingerprint density at radius 2 is 1.95 bits per heavy atom. The first-order valence-electron chi connectivity index (χ1n) is 7.34. The monoisotopic (exact) mass is 296 g/mol. The topological polar surface area (TPSA) is 63.4 Å². The first kappa shape index (κ1) is 15.5. The zero-order chi connectivity index (χ0) is 14.8. The summed E-state index contributed by atoms with van der Waals surface area (Å²) in [5.74, 6) is 0. The Morgan fingerprint density at radius 3 is 2.50 bits per heavy atom. The van der Waals surface area contributed by atoms with Crippen LogP contribution < -0.4 is 5.73 Å². The number of nitrogens with two attached hydrogens (primary N) is 1. The minimum atomic E-state index is -3.37. The number of hydrogen-bond donors (Lipinski definition) is 1. The Bertz CT molecular complexity index is 537. The van der Waals surface area contributed by atoms with Crippen LogP contribution in [-0.2, 0) is 10.0 Å². The molecule has 0 amide bonds. The second kappa shape index (κ2) is 6.24. The van der Waals surface area contributed by atoms with E-state index in [2.05, 4.69) is 6.92 Å². The number of hydrogen-bond acceptors (Lipinski definition) is 3. The lowest BCUT2D eigenvalue weighted by Crippen LogP contribution is -2.43. The SMILES string of the molecule is CCC1CCCCN1S(=O)(=O)c1ccc(C(C)N)cc1. The lowest BCUT2D eigenvalue weighted by atomic mass is 10.0. The Labute approximate surface area is 122 Å². The number of rotatable bonds is 4. The van der Waals surface area contributed by atoms with Gasteiger partial charge in [-0.15, -0.1) is 0 Å². The van der Waals surface area contributed by atoms with Gasteiger partial charge >= 0.3 is 0 Å². The van der Waals surface area contributed by atoms with Gasteiger partial charge in [-0.3, -0.25) is 0 Å². The fourth-order valence-electron chi connectivity index (χ4n) is 2.78. The van der Waals surface area contributed by atoms with E-state index in [-0.39, 0.29) is 12.1 Å². The average Bonchev–Trinajstić information content (AvgIpc) is 2.47. The molecule has 1 aliphatic rings.